The molecule has 60 valence electrons. The highest BCUT2D eigenvalue weighted by atomic mass is 16.6. The van der Waals surface area contributed by atoms with Crippen molar-refractivity contribution in [2.45, 2.75) is 34.6 Å². The van der Waals surface area contributed by atoms with Crippen molar-refractivity contribution in [3.8, 4) is 0 Å². The first-order valence-corrected chi connectivity index (χ1v) is 3.64. The fraction of sp³-hybridized carbons (Fsp3) is 0.714. The standard InChI is InChI=1S/C3H4N2O.2C2H6/c1-3-2-4-6-5-3;2*1-2/h2H,1H3;2*1-2H3. The van der Waals surface area contributed by atoms with Crippen LogP contribution in [0.4, 0.5) is 0 Å². The van der Waals surface area contributed by atoms with Gasteiger partial charge in [-0.1, -0.05) is 38.0 Å². The zero-order valence-electron chi connectivity index (χ0n) is 7.38. The smallest absolute Gasteiger partial charge is 0.102 e. The quantitative estimate of drug-likeness (QED) is 0.561. The number of nitrogens with zero attached hydrogens (tertiary/aromatic N) is 2. The monoisotopic (exact) mass is 144 g/mol. The summed E-state index contributed by atoms with van der Waals surface area (Å²) in [5.41, 5.74) is 0.815. The van der Waals surface area contributed by atoms with Crippen molar-refractivity contribution in [1.82, 2.24) is 10.3 Å². The van der Waals surface area contributed by atoms with Crippen LogP contribution in [0.15, 0.2) is 10.8 Å². The van der Waals surface area contributed by atoms with E-state index in [0.29, 0.717) is 0 Å². The Labute approximate surface area is 62.4 Å². The summed E-state index contributed by atoms with van der Waals surface area (Å²) in [7, 11) is 0. The van der Waals surface area contributed by atoms with Crippen molar-refractivity contribution in [2.75, 3.05) is 0 Å². The first-order valence-electron chi connectivity index (χ1n) is 3.64. The van der Waals surface area contributed by atoms with Gasteiger partial charge in [-0.3, -0.25) is 0 Å². The molecule has 1 aromatic rings. The van der Waals surface area contributed by atoms with Crippen molar-refractivity contribution in [3.63, 3.8) is 0 Å². The number of aryl methyl sites for hydroxylation is 1. The van der Waals surface area contributed by atoms with Crippen LogP contribution in [-0.4, -0.2) is 10.3 Å². The van der Waals surface area contributed by atoms with Crippen LogP contribution in [0.5, 0.6) is 0 Å². The number of hydrogen-bond donors (Lipinski definition) is 0. The highest BCUT2D eigenvalue weighted by Crippen LogP contribution is 1.81. The first kappa shape index (κ1) is 11.9. The third kappa shape index (κ3) is 7.14. The highest BCUT2D eigenvalue weighted by Gasteiger charge is 1.79. The van der Waals surface area contributed by atoms with E-state index in [1.165, 1.54) is 0 Å². The van der Waals surface area contributed by atoms with Gasteiger partial charge in [-0.2, -0.15) is 0 Å². The maximum absolute atomic E-state index is 4.21. The van der Waals surface area contributed by atoms with E-state index in [4.69, 9.17) is 0 Å². The van der Waals surface area contributed by atoms with E-state index in [1.54, 1.807) is 6.20 Å². The SMILES string of the molecule is CC.CC.Cc1cnon1. The number of hydrogen-bond acceptors (Lipinski definition) is 3. The van der Waals surface area contributed by atoms with E-state index in [0.717, 1.165) is 5.69 Å². The summed E-state index contributed by atoms with van der Waals surface area (Å²) in [5, 5.41) is 6.77. The third-order valence-electron chi connectivity index (χ3n) is 0.471. The van der Waals surface area contributed by atoms with Crippen LogP contribution in [-0.2, 0) is 0 Å². The molecule has 10 heavy (non-hydrogen) atoms. The molecular formula is C7H16N2O. The van der Waals surface area contributed by atoms with Gasteiger partial charge in [0.1, 0.15) is 5.69 Å². The maximum atomic E-state index is 4.21. The molecule has 0 aromatic carbocycles. The van der Waals surface area contributed by atoms with Gasteiger partial charge in [-0.05, 0) is 6.92 Å². The lowest BCUT2D eigenvalue weighted by Crippen LogP contribution is -1.59. The molecule has 0 N–H and O–H groups in total. The average molecular weight is 144 g/mol. The summed E-state index contributed by atoms with van der Waals surface area (Å²) in [6.45, 7) is 9.82. The fourth-order valence-electron chi connectivity index (χ4n) is 0.211. The van der Waals surface area contributed by atoms with Gasteiger partial charge in [0.05, 0.1) is 6.20 Å². The Morgan fingerprint density at radius 1 is 1.20 bits per heavy atom. The Morgan fingerprint density at radius 2 is 1.70 bits per heavy atom. The minimum Gasteiger partial charge on any atom is -0.244 e. The van der Waals surface area contributed by atoms with Gasteiger partial charge in [0.15, 0.2) is 0 Å². The number of aromatic nitrogens is 2. The molecule has 1 aromatic heterocycles. The Bertz CT molecular complexity index is 115. The molecule has 0 atom stereocenters. The Morgan fingerprint density at radius 3 is 1.80 bits per heavy atom. The molecule has 0 unspecified atom stereocenters. The van der Waals surface area contributed by atoms with Crippen LogP contribution in [0.2, 0.25) is 0 Å². The van der Waals surface area contributed by atoms with E-state index in [2.05, 4.69) is 14.9 Å². The van der Waals surface area contributed by atoms with Crippen LogP contribution in [0.3, 0.4) is 0 Å². The van der Waals surface area contributed by atoms with Crippen LogP contribution in [0.25, 0.3) is 0 Å². The predicted molar refractivity (Wildman–Crippen MR) is 41.7 cm³/mol. The van der Waals surface area contributed by atoms with Crippen molar-refractivity contribution in [2.24, 2.45) is 0 Å². The number of rotatable bonds is 0. The lowest BCUT2D eigenvalue weighted by molar-refractivity contribution is 0.304. The second-order valence-corrected chi connectivity index (χ2v) is 1.05. The van der Waals surface area contributed by atoms with E-state index in [1.807, 2.05) is 34.6 Å². The Kier molecular flexibility index (Phi) is 13.1. The maximum Gasteiger partial charge on any atom is 0.102 e. The second kappa shape index (κ2) is 11.0. The molecule has 1 heterocycles. The van der Waals surface area contributed by atoms with Crippen LogP contribution < -0.4 is 0 Å². The molecular weight excluding hydrogens is 128 g/mol. The summed E-state index contributed by atoms with van der Waals surface area (Å²) in [4.78, 5) is 0. The molecule has 0 fully saturated rings. The molecule has 0 saturated carbocycles. The van der Waals surface area contributed by atoms with Gasteiger partial charge in [0, 0.05) is 0 Å². The van der Waals surface area contributed by atoms with Gasteiger partial charge in [-0.25, -0.2) is 4.63 Å². The van der Waals surface area contributed by atoms with E-state index < -0.39 is 0 Å². The van der Waals surface area contributed by atoms with Gasteiger partial charge >= 0.3 is 0 Å². The van der Waals surface area contributed by atoms with Gasteiger partial charge < -0.3 is 0 Å². The summed E-state index contributed by atoms with van der Waals surface area (Å²) in [6, 6.07) is 0. The zero-order chi connectivity index (χ0) is 8.41. The van der Waals surface area contributed by atoms with Crippen LogP contribution in [0.1, 0.15) is 33.4 Å². The Balaban J connectivity index is 0. The molecule has 1 rings (SSSR count). The molecule has 0 aliphatic rings. The lowest BCUT2D eigenvalue weighted by Gasteiger charge is -1.58. The topological polar surface area (TPSA) is 38.9 Å². The zero-order valence-corrected chi connectivity index (χ0v) is 7.38. The second-order valence-electron chi connectivity index (χ2n) is 1.05. The van der Waals surface area contributed by atoms with Crippen molar-refractivity contribution < 1.29 is 4.63 Å². The van der Waals surface area contributed by atoms with E-state index in [-0.39, 0.29) is 0 Å². The minimum absolute atomic E-state index is 0.815. The van der Waals surface area contributed by atoms with E-state index in [9.17, 15) is 0 Å². The predicted octanol–water partition coefficient (Wildman–Crippen LogP) is 2.43. The molecule has 0 saturated heterocycles. The van der Waals surface area contributed by atoms with Crippen molar-refractivity contribution in [1.29, 1.82) is 0 Å². The lowest BCUT2D eigenvalue weighted by atomic mass is 10.6. The summed E-state index contributed by atoms with van der Waals surface area (Å²) >= 11 is 0. The van der Waals surface area contributed by atoms with Gasteiger partial charge in [-0.15, -0.1) is 0 Å². The molecule has 0 spiro atoms. The van der Waals surface area contributed by atoms with Crippen LogP contribution >= 0.6 is 0 Å². The third-order valence-corrected chi connectivity index (χ3v) is 0.471. The summed E-state index contributed by atoms with van der Waals surface area (Å²) in [6.07, 6.45) is 1.56. The molecule has 3 heteroatoms. The van der Waals surface area contributed by atoms with Crippen LogP contribution in [0, 0.1) is 6.92 Å². The largest absolute Gasteiger partial charge is 0.244 e. The van der Waals surface area contributed by atoms with Gasteiger partial charge in [0.2, 0.25) is 0 Å². The molecule has 0 aliphatic carbocycles. The van der Waals surface area contributed by atoms with Crippen molar-refractivity contribution >= 4 is 0 Å². The molecule has 3 nitrogen and oxygen atoms in total. The van der Waals surface area contributed by atoms with E-state index >= 15 is 0 Å². The van der Waals surface area contributed by atoms with Crippen molar-refractivity contribution in [3.05, 3.63) is 11.9 Å². The molecule has 0 radical (unpaired) electrons. The average Bonchev–Trinajstić information content (AvgIpc) is 2.48. The summed E-state index contributed by atoms with van der Waals surface area (Å²) < 4.78 is 4.21. The molecule has 0 bridgehead atoms. The minimum atomic E-state index is 0.815. The highest BCUT2D eigenvalue weighted by molar-refractivity contribution is 4.81. The fourth-order valence-corrected chi connectivity index (χ4v) is 0.211. The normalized spacial score (nSPS) is 6.50. The van der Waals surface area contributed by atoms with Gasteiger partial charge in [0.25, 0.3) is 0 Å². The first-order chi connectivity index (χ1) is 4.89. The molecule has 0 aliphatic heterocycles. The molecule has 0 amide bonds. The Hall–Kier alpha value is -0.860. The summed E-state index contributed by atoms with van der Waals surface area (Å²) in [5.74, 6) is 0.